The highest BCUT2D eigenvalue weighted by molar-refractivity contribution is 6.39. The summed E-state index contributed by atoms with van der Waals surface area (Å²) in [4.78, 5) is 48.0. The first-order chi connectivity index (χ1) is 10.9. The number of amides is 3. The third kappa shape index (κ3) is 4.15. The maximum atomic E-state index is 12.1. The molecular weight excluding hydrogens is 298 g/mol. The summed E-state index contributed by atoms with van der Waals surface area (Å²) < 4.78 is 0. The van der Waals surface area contributed by atoms with E-state index in [1.807, 2.05) is 0 Å². The van der Waals surface area contributed by atoms with Gasteiger partial charge in [0.25, 0.3) is 0 Å². The lowest BCUT2D eigenvalue weighted by Gasteiger charge is -2.29. The van der Waals surface area contributed by atoms with Crippen molar-refractivity contribution in [3.63, 3.8) is 0 Å². The van der Waals surface area contributed by atoms with E-state index in [9.17, 15) is 19.2 Å². The molecule has 7 heteroatoms. The maximum absolute atomic E-state index is 12.1. The van der Waals surface area contributed by atoms with Crippen LogP contribution in [0.3, 0.4) is 0 Å². The first-order valence-corrected chi connectivity index (χ1v) is 7.39. The third-order valence-corrected chi connectivity index (χ3v) is 3.91. The molecule has 0 spiro atoms. The minimum absolute atomic E-state index is 0.124. The van der Waals surface area contributed by atoms with Crippen LogP contribution in [0.15, 0.2) is 24.3 Å². The highest BCUT2D eigenvalue weighted by Crippen LogP contribution is 2.17. The lowest BCUT2D eigenvalue weighted by molar-refractivity contribution is -0.144. The molecule has 0 atom stereocenters. The second kappa shape index (κ2) is 7.04. The van der Waals surface area contributed by atoms with Crippen LogP contribution in [0.2, 0.25) is 0 Å². The topological polar surface area (TPSA) is 110 Å². The highest BCUT2D eigenvalue weighted by Gasteiger charge is 2.29. The van der Waals surface area contributed by atoms with Crippen molar-refractivity contribution in [1.29, 1.82) is 0 Å². The van der Waals surface area contributed by atoms with Gasteiger partial charge in [-0.2, -0.15) is 0 Å². The lowest BCUT2D eigenvalue weighted by atomic mass is 9.96. The van der Waals surface area contributed by atoms with Crippen molar-refractivity contribution in [1.82, 2.24) is 4.90 Å². The molecule has 0 aromatic heterocycles. The third-order valence-electron chi connectivity index (χ3n) is 3.91. The monoisotopic (exact) mass is 317 g/mol. The zero-order valence-corrected chi connectivity index (χ0v) is 12.9. The number of nitrogens with zero attached hydrogens (tertiary/aromatic N) is 1. The quantitative estimate of drug-likeness (QED) is 0.626. The van der Waals surface area contributed by atoms with Crippen molar-refractivity contribution < 1.29 is 19.2 Å². The minimum Gasteiger partial charge on any atom is -0.369 e. The predicted molar refractivity (Wildman–Crippen MR) is 83.6 cm³/mol. The number of anilines is 1. The van der Waals surface area contributed by atoms with E-state index < -0.39 is 11.8 Å². The van der Waals surface area contributed by atoms with E-state index in [0.29, 0.717) is 37.2 Å². The van der Waals surface area contributed by atoms with Crippen LogP contribution in [0.4, 0.5) is 5.69 Å². The summed E-state index contributed by atoms with van der Waals surface area (Å²) in [5, 5.41) is 2.49. The van der Waals surface area contributed by atoms with Crippen molar-refractivity contribution in [2.45, 2.75) is 19.8 Å². The number of carbonyl (C=O) groups excluding carboxylic acids is 4. The number of benzene rings is 1. The summed E-state index contributed by atoms with van der Waals surface area (Å²) in [5.41, 5.74) is 6.09. The van der Waals surface area contributed by atoms with Crippen LogP contribution >= 0.6 is 0 Å². The number of likely N-dealkylation sites (tertiary alicyclic amines) is 1. The molecule has 23 heavy (non-hydrogen) atoms. The number of piperidine rings is 1. The van der Waals surface area contributed by atoms with E-state index in [1.54, 1.807) is 18.2 Å². The molecule has 0 unspecified atom stereocenters. The molecular formula is C16H19N3O4. The number of ketones is 1. The average Bonchev–Trinajstić information content (AvgIpc) is 2.54. The Labute approximate surface area is 133 Å². The SMILES string of the molecule is CC(=O)c1cccc(NC(=O)C(=O)N2CCC(C(N)=O)CC2)c1. The number of hydrogen-bond acceptors (Lipinski definition) is 4. The molecule has 3 N–H and O–H groups in total. The first kappa shape index (κ1) is 16.7. The minimum atomic E-state index is -0.761. The standard InChI is InChI=1S/C16H19N3O4/c1-10(20)12-3-2-4-13(9-12)18-15(22)16(23)19-7-5-11(6-8-19)14(17)21/h2-4,9,11H,5-8H2,1H3,(H2,17,21)(H,18,22). The number of nitrogens with two attached hydrogens (primary N) is 1. The van der Waals surface area contributed by atoms with Gasteiger partial charge in [-0.25, -0.2) is 0 Å². The van der Waals surface area contributed by atoms with Gasteiger partial charge in [0.1, 0.15) is 0 Å². The van der Waals surface area contributed by atoms with Gasteiger partial charge in [0.15, 0.2) is 5.78 Å². The number of nitrogens with one attached hydrogen (secondary N) is 1. The Kier molecular flexibility index (Phi) is 5.10. The molecule has 7 nitrogen and oxygen atoms in total. The molecule has 0 aliphatic carbocycles. The molecule has 3 amide bonds. The number of rotatable bonds is 3. The van der Waals surface area contributed by atoms with Gasteiger partial charge in [-0.05, 0) is 31.9 Å². The van der Waals surface area contributed by atoms with Gasteiger partial charge in [0, 0.05) is 30.3 Å². The number of hydrogen-bond donors (Lipinski definition) is 2. The fraction of sp³-hybridized carbons (Fsp3) is 0.375. The molecule has 1 heterocycles. The maximum Gasteiger partial charge on any atom is 0.313 e. The Morgan fingerprint density at radius 1 is 1.17 bits per heavy atom. The zero-order chi connectivity index (χ0) is 17.0. The van der Waals surface area contributed by atoms with Crippen molar-refractivity contribution in [2.75, 3.05) is 18.4 Å². The number of Topliss-reactive ketones (excluding diaryl/α,β-unsaturated/α-hetero) is 1. The van der Waals surface area contributed by atoms with Gasteiger partial charge < -0.3 is 16.0 Å². The van der Waals surface area contributed by atoms with Gasteiger partial charge in [-0.15, -0.1) is 0 Å². The Bertz CT molecular complexity index is 648. The van der Waals surface area contributed by atoms with E-state index >= 15 is 0 Å². The smallest absolute Gasteiger partial charge is 0.313 e. The van der Waals surface area contributed by atoms with Gasteiger partial charge in [-0.3, -0.25) is 19.2 Å². The summed E-state index contributed by atoms with van der Waals surface area (Å²) >= 11 is 0. The molecule has 2 rings (SSSR count). The molecule has 122 valence electrons. The molecule has 1 fully saturated rings. The number of carbonyl (C=O) groups is 4. The molecule has 0 bridgehead atoms. The molecule has 1 saturated heterocycles. The fourth-order valence-electron chi connectivity index (χ4n) is 2.51. The van der Waals surface area contributed by atoms with Crippen molar-refractivity contribution in [3.05, 3.63) is 29.8 Å². The van der Waals surface area contributed by atoms with Gasteiger partial charge in [-0.1, -0.05) is 12.1 Å². The van der Waals surface area contributed by atoms with Crippen LogP contribution in [0.1, 0.15) is 30.1 Å². The van der Waals surface area contributed by atoms with E-state index in [4.69, 9.17) is 5.73 Å². The van der Waals surface area contributed by atoms with E-state index in [1.165, 1.54) is 17.9 Å². The van der Waals surface area contributed by atoms with E-state index in [-0.39, 0.29) is 17.6 Å². The van der Waals surface area contributed by atoms with Gasteiger partial charge >= 0.3 is 11.8 Å². The van der Waals surface area contributed by atoms with Crippen molar-refractivity contribution in [3.8, 4) is 0 Å². The molecule has 0 radical (unpaired) electrons. The Balaban J connectivity index is 1.96. The number of primary amides is 1. The summed E-state index contributed by atoms with van der Waals surface area (Å²) in [6.45, 7) is 2.08. The van der Waals surface area contributed by atoms with Crippen LogP contribution in [-0.2, 0) is 14.4 Å². The molecule has 0 saturated carbocycles. The average molecular weight is 317 g/mol. The Morgan fingerprint density at radius 3 is 2.39 bits per heavy atom. The normalized spacial score (nSPS) is 15.1. The van der Waals surface area contributed by atoms with Crippen LogP contribution in [0, 0.1) is 5.92 Å². The summed E-state index contributed by atoms with van der Waals surface area (Å²) in [6, 6.07) is 6.40. The second-order valence-electron chi connectivity index (χ2n) is 5.56. The first-order valence-electron chi connectivity index (χ1n) is 7.39. The molecule has 1 aromatic carbocycles. The Hall–Kier alpha value is -2.70. The lowest BCUT2D eigenvalue weighted by Crippen LogP contribution is -2.46. The van der Waals surface area contributed by atoms with Crippen LogP contribution in [0.25, 0.3) is 0 Å². The van der Waals surface area contributed by atoms with Crippen LogP contribution in [-0.4, -0.2) is 41.5 Å². The molecule has 1 aliphatic heterocycles. The summed E-state index contributed by atoms with van der Waals surface area (Å²) in [6.07, 6.45) is 0.933. The van der Waals surface area contributed by atoms with Crippen molar-refractivity contribution in [2.24, 2.45) is 11.7 Å². The van der Waals surface area contributed by atoms with Crippen LogP contribution in [0.5, 0.6) is 0 Å². The van der Waals surface area contributed by atoms with Crippen molar-refractivity contribution >= 4 is 29.2 Å². The molecule has 1 aliphatic rings. The van der Waals surface area contributed by atoms with Gasteiger partial charge in [0.2, 0.25) is 5.91 Å². The summed E-state index contributed by atoms with van der Waals surface area (Å²) in [5.74, 6) is -2.15. The van der Waals surface area contributed by atoms with Gasteiger partial charge in [0.05, 0.1) is 0 Å². The predicted octanol–water partition coefficient (Wildman–Crippen LogP) is 0.552. The largest absolute Gasteiger partial charge is 0.369 e. The summed E-state index contributed by atoms with van der Waals surface area (Å²) in [7, 11) is 0. The van der Waals surface area contributed by atoms with E-state index in [2.05, 4.69) is 5.32 Å². The zero-order valence-electron chi connectivity index (χ0n) is 12.9. The molecule has 1 aromatic rings. The fourth-order valence-corrected chi connectivity index (χ4v) is 2.51. The Morgan fingerprint density at radius 2 is 1.83 bits per heavy atom. The van der Waals surface area contributed by atoms with E-state index in [0.717, 1.165) is 0 Å². The highest BCUT2D eigenvalue weighted by atomic mass is 16.2. The second-order valence-corrected chi connectivity index (χ2v) is 5.56. The van der Waals surface area contributed by atoms with Crippen LogP contribution < -0.4 is 11.1 Å².